The van der Waals surface area contributed by atoms with E-state index in [1.165, 1.54) is 17.2 Å². The van der Waals surface area contributed by atoms with E-state index in [1.807, 2.05) is 26.0 Å². The maximum atomic E-state index is 7.76. The number of halogens is 1. The lowest BCUT2D eigenvalue weighted by molar-refractivity contribution is 0.343. The van der Waals surface area contributed by atoms with Crippen LogP contribution in [-0.4, -0.2) is 11.7 Å². The van der Waals surface area contributed by atoms with Gasteiger partial charge in [-0.25, -0.2) is 0 Å². The molecule has 0 aliphatic rings. The van der Waals surface area contributed by atoms with Crippen LogP contribution in [0, 0.1) is 13.8 Å². The smallest absolute Gasteiger partial charge is 0.0638 e. The molecule has 0 unspecified atom stereocenters. The lowest BCUT2D eigenvalue weighted by atomic mass is 10.1. The second-order valence-electron chi connectivity index (χ2n) is 2.93. The summed E-state index contributed by atoms with van der Waals surface area (Å²) in [5.74, 6) is 0. The molecule has 3 heteroatoms. The van der Waals surface area contributed by atoms with Crippen LogP contribution in [0.1, 0.15) is 11.1 Å². The molecular formula is C11H16ClNO. The zero-order valence-electron chi connectivity index (χ0n) is 8.55. The number of aryl methyl sites for hydroxylation is 2. The van der Waals surface area contributed by atoms with Gasteiger partial charge in [-0.3, -0.25) is 0 Å². The molecule has 0 heterocycles. The van der Waals surface area contributed by atoms with E-state index < -0.39 is 0 Å². The van der Waals surface area contributed by atoms with E-state index >= 15 is 0 Å². The molecule has 0 spiro atoms. The SMILES string of the molecule is C=CCO.Cc1cc(N)c(Cl)cc1C. The van der Waals surface area contributed by atoms with Crippen LogP contribution in [0.2, 0.25) is 5.02 Å². The summed E-state index contributed by atoms with van der Waals surface area (Å²) >= 11 is 5.76. The summed E-state index contributed by atoms with van der Waals surface area (Å²) in [6.07, 6.45) is 1.43. The van der Waals surface area contributed by atoms with E-state index in [9.17, 15) is 0 Å². The van der Waals surface area contributed by atoms with Crippen molar-refractivity contribution in [2.45, 2.75) is 13.8 Å². The fraction of sp³-hybridized carbons (Fsp3) is 0.273. The minimum Gasteiger partial charge on any atom is -0.398 e. The van der Waals surface area contributed by atoms with Crippen molar-refractivity contribution < 1.29 is 5.11 Å². The molecule has 78 valence electrons. The fourth-order valence-electron chi connectivity index (χ4n) is 0.803. The highest BCUT2D eigenvalue weighted by Crippen LogP contribution is 2.22. The molecular weight excluding hydrogens is 198 g/mol. The zero-order valence-corrected chi connectivity index (χ0v) is 9.30. The van der Waals surface area contributed by atoms with Gasteiger partial charge in [0.1, 0.15) is 0 Å². The van der Waals surface area contributed by atoms with Crippen molar-refractivity contribution in [1.82, 2.24) is 0 Å². The number of aliphatic hydroxyl groups is 1. The van der Waals surface area contributed by atoms with Crippen molar-refractivity contribution in [3.05, 3.63) is 40.9 Å². The minimum atomic E-state index is 0.0833. The average molecular weight is 214 g/mol. The Morgan fingerprint density at radius 2 is 1.86 bits per heavy atom. The number of rotatable bonds is 1. The average Bonchev–Trinajstić information content (AvgIpc) is 2.15. The maximum Gasteiger partial charge on any atom is 0.0638 e. The number of anilines is 1. The van der Waals surface area contributed by atoms with Gasteiger partial charge < -0.3 is 10.8 Å². The summed E-state index contributed by atoms with van der Waals surface area (Å²) in [4.78, 5) is 0. The van der Waals surface area contributed by atoms with E-state index in [0.717, 1.165) is 0 Å². The third kappa shape index (κ3) is 4.30. The van der Waals surface area contributed by atoms with Crippen molar-refractivity contribution in [1.29, 1.82) is 0 Å². The summed E-state index contributed by atoms with van der Waals surface area (Å²) < 4.78 is 0. The van der Waals surface area contributed by atoms with Crippen LogP contribution in [0.4, 0.5) is 5.69 Å². The Hall–Kier alpha value is -0.990. The number of nitrogens with two attached hydrogens (primary N) is 1. The maximum absolute atomic E-state index is 7.76. The number of nitrogen functional groups attached to an aromatic ring is 1. The molecule has 3 N–H and O–H groups in total. The van der Waals surface area contributed by atoms with E-state index in [4.69, 9.17) is 22.4 Å². The molecule has 0 aliphatic heterocycles. The Bertz CT molecular complexity index is 260. The lowest BCUT2D eigenvalue weighted by Gasteiger charge is -2.02. The first-order chi connectivity index (χ1) is 6.52. The number of aliphatic hydroxyl groups excluding tert-OH is 1. The molecule has 0 aliphatic carbocycles. The largest absolute Gasteiger partial charge is 0.398 e. The molecule has 0 amide bonds. The Morgan fingerprint density at radius 3 is 2.21 bits per heavy atom. The van der Waals surface area contributed by atoms with Gasteiger partial charge in [0.25, 0.3) is 0 Å². The molecule has 1 aromatic carbocycles. The first-order valence-electron chi connectivity index (χ1n) is 4.27. The normalized spacial score (nSPS) is 8.86. The molecule has 0 saturated heterocycles. The van der Waals surface area contributed by atoms with Crippen molar-refractivity contribution in [2.24, 2.45) is 0 Å². The monoisotopic (exact) mass is 213 g/mol. The molecule has 1 rings (SSSR count). The van der Waals surface area contributed by atoms with Crippen LogP contribution < -0.4 is 5.73 Å². The molecule has 0 atom stereocenters. The highest BCUT2D eigenvalue weighted by Gasteiger charge is 1.97. The molecule has 0 bridgehead atoms. The van der Waals surface area contributed by atoms with Gasteiger partial charge in [-0.05, 0) is 37.1 Å². The Morgan fingerprint density at radius 1 is 1.43 bits per heavy atom. The minimum absolute atomic E-state index is 0.0833. The van der Waals surface area contributed by atoms with Gasteiger partial charge in [0, 0.05) is 0 Å². The molecule has 0 fully saturated rings. The predicted octanol–water partition coefficient (Wildman–Crippen LogP) is 2.70. The van der Waals surface area contributed by atoms with Gasteiger partial charge in [0.15, 0.2) is 0 Å². The van der Waals surface area contributed by atoms with Crippen molar-refractivity contribution in [3.8, 4) is 0 Å². The number of benzene rings is 1. The molecule has 0 radical (unpaired) electrons. The second kappa shape index (κ2) is 6.46. The van der Waals surface area contributed by atoms with Gasteiger partial charge in [-0.2, -0.15) is 0 Å². The Balaban J connectivity index is 0.000000364. The molecule has 2 nitrogen and oxygen atoms in total. The van der Waals surface area contributed by atoms with Crippen LogP contribution in [0.3, 0.4) is 0 Å². The first kappa shape index (κ1) is 13.0. The van der Waals surface area contributed by atoms with Gasteiger partial charge in [0.05, 0.1) is 17.3 Å². The second-order valence-corrected chi connectivity index (χ2v) is 3.34. The summed E-state index contributed by atoms with van der Waals surface area (Å²) in [7, 11) is 0. The van der Waals surface area contributed by atoms with Crippen LogP contribution >= 0.6 is 11.6 Å². The summed E-state index contributed by atoms with van der Waals surface area (Å²) in [5, 5.41) is 8.40. The standard InChI is InChI=1S/C8H10ClN.C3H6O/c1-5-3-7(9)8(10)4-6(5)2;1-2-3-4/h3-4H,10H2,1-2H3;2,4H,1,3H2. The molecule has 1 aromatic rings. The topological polar surface area (TPSA) is 46.2 Å². The Kier molecular flexibility index (Phi) is 6.00. The van der Waals surface area contributed by atoms with E-state index in [1.54, 1.807) is 0 Å². The van der Waals surface area contributed by atoms with E-state index in [0.29, 0.717) is 10.7 Å². The van der Waals surface area contributed by atoms with E-state index in [-0.39, 0.29) is 6.61 Å². The van der Waals surface area contributed by atoms with Crippen LogP contribution in [-0.2, 0) is 0 Å². The van der Waals surface area contributed by atoms with Crippen LogP contribution in [0.15, 0.2) is 24.8 Å². The lowest BCUT2D eigenvalue weighted by Crippen LogP contribution is -1.89. The third-order valence-corrected chi connectivity index (χ3v) is 2.07. The van der Waals surface area contributed by atoms with Gasteiger partial charge in [0.2, 0.25) is 0 Å². The quantitative estimate of drug-likeness (QED) is 0.557. The van der Waals surface area contributed by atoms with Crippen LogP contribution in [0.5, 0.6) is 0 Å². The molecule has 14 heavy (non-hydrogen) atoms. The molecule has 0 aromatic heterocycles. The zero-order chi connectivity index (χ0) is 11.1. The summed E-state index contributed by atoms with van der Waals surface area (Å²) in [6, 6.07) is 3.77. The third-order valence-electron chi connectivity index (χ3n) is 1.74. The van der Waals surface area contributed by atoms with Gasteiger partial charge >= 0.3 is 0 Å². The Labute approximate surface area is 90.0 Å². The summed E-state index contributed by atoms with van der Waals surface area (Å²) in [6.45, 7) is 7.34. The van der Waals surface area contributed by atoms with Crippen molar-refractivity contribution in [3.63, 3.8) is 0 Å². The number of hydrogen-bond acceptors (Lipinski definition) is 2. The van der Waals surface area contributed by atoms with Crippen molar-refractivity contribution in [2.75, 3.05) is 12.3 Å². The van der Waals surface area contributed by atoms with E-state index in [2.05, 4.69) is 6.58 Å². The highest BCUT2D eigenvalue weighted by molar-refractivity contribution is 6.33. The first-order valence-corrected chi connectivity index (χ1v) is 4.64. The highest BCUT2D eigenvalue weighted by atomic mass is 35.5. The van der Waals surface area contributed by atoms with Crippen molar-refractivity contribution >= 4 is 17.3 Å². The van der Waals surface area contributed by atoms with Crippen LogP contribution in [0.25, 0.3) is 0 Å². The number of hydrogen-bond donors (Lipinski definition) is 2. The molecule has 0 saturated carbocycles. The fourth-order valence-corrected chi connectivity index (χ4v) is 1.02. The predicted molar refractivity (Wildman–Crippen MR) is 62.6 cm³/mol. The van der Waals surface area contributed by atoms with Gasteiger partial charge in [-0.1, -0.05) is 17.7 Å². The van der Waals surface area contributed by atoms with Gasteiger partial charge in [-0.15, -0.1) is 6.58 Å². The summed E-state index contributed by atoms with van der Waals surface area (Å²) in [5.41, 5.74) is 8.58.